The summed E-state index contributed by atoms with van der Waals surface area (Å²) >= 11 is 3.16. The minimum Gasteiger partial charge on any atom is -0.383 e. The number of anilines is 2. The Kier molecular flexibility index (Phi) is 5.88. The fourth-order valence-electron chi connectivity index (χ4n) is 4.33. The van der Waals surface area contributed by atoms with Crippen molar-refractivity contribution in [3.63, 3.8) is 0 Å². The number of fused-ring (bicyclic) bond motifs is 1. The number of nitrogens with one attached hydrogen (secondary N) is 1. The summed E-state index contributed by atoms with van der Waals surface area (Å²) in [5.74, 6) is -0.931. The molecule has 33 heavy (non-hydrogen) atoms. The first-order valence-corrected chi connectivity index (χ1v) is 12.4. The van der Waals surface area contributed by atoms with E-state index >= 15 is 4.39 Å². The lowest BCUT2D eigenvalue weighted by Gasteiger charge is -2.12. The molecule has 1 aliphatic carbocycles. The molecule has 10 heteroatoms. The molecule has 1 saturated carbocycles. The van der Waals surface area contributed by atoms with Gasteiger partial charge in [0.1, 0.15) is 29.4 Å². The van der Waals surface area contributed by atoms with E-state index in [-0.39, 0.29) is 10.6 Å². The first-order chi connectivity index (χ1) is 15.9. The van der Waals surface area contributed by atoms with Crippen LogP contribution in [0.1, 0.15) is 31.7 Å². The Bertz CT molecular complexity index is 1390. The molecule has 2 heterocycles. The van der Waals surface area contributed by atoms with E-state index in [1.54, 1.807) is 12.1 Å². The Labute approximate surface area is 200 Å². The summed E-state index contributed by atoms with van der Waals surface area (Å²) in [5.41, 5.74) is 8.25. The fraction of sp³-hybridized carbons (Fsp3) is 0.217. The highest BCUT2D eigenvalue weighted by Crippen LogP contribution is 2.39. The highest BCUT2D eigenvalue weighted by Gasteiger charge is 2.23. The SMILES string of the molecule is Nc1ncnc2c1c(-c1ccc(NS(=O)c3ccc(Br)cc3F)c(F)c1)cn2C1CCCC1. The van der Waals surface area contributed by atoms with Crippen LogP contribution in [0, 0.1) is 11.6 Å². The van der Waals surface area contributed by atoms with E-state index in [2.05, 4.69) is 35.2 Å². The highest BCUT2D eigenvalue weighted by atomic mass is 79.9. The number of hydrogen-bond acceptors (Lipinski definition) is 4. The van der Waals surface area contributed by atoms with Crippen LogP contribution in [-0.2, 0) is 11.0 Å². The number of nitrogen functional groups attached to an aromatic ring is 1. The van der Waals surface area contributed by atoms with Crippen molar-refractivity contribution in [3.8, 4) is 11.1 Å². The summed E-state index contributed by atoms with van der Waals surface area (Å²) in [4.78, 5) is 8.51. The molecule has 170 valence electrons. The summed E-state index contributed by atoms with van der Waals surface area (Å²) in [6.07, 6.45) is 7.84. The van der Waals surface area contributed by atoms with E-state index < -0.39 is 22.6 Å². The standard InChI is InChI=1S/C23H20BrF2N5OS/c24-14-6-8-20(18(26)10-14)33(32)30-19-7-5-13(9-17(19)25)16-11-31(15-3-1-2-4-15)23-21(16)22(27)28-12-29-23/h5-12,15,30H,1-4H2,(H2,27,28,29). The topological polar surface area (TPSA) is 85.8 Å². The molecule has 1 aliphatic rings. The third-order valence-electron chi connectivity index (χ3n) is 5.93. The van der Waals surface area contributed by atoms with Gasteiger partial charge in [-0.15, -0.1) is 0 Å². The van der Waals surface area contributed by atoms with Crippen LogP contribution in [0.4, 0.5) is 20.3 Å². The van der Waals surface area contributed by atoms with Crippen LogP contribution in [0.5, 0.6) is 0 Å². The molecule has 0 saturated heterocycles. The summed E-state index contributed by atoms with van der Waals surface area (Å²) in [5, 5.41) is 0.685. The Morgan fingerprint density at radius 2 is 1.88 bits per heavy atom. The van der Waals surface area contributed by atoms with Gasteiger partial charge in [0, 0.05) is 22.3 Å². The number of nitrogens with two attached hydrogens (primary N) is 1. The maximum Gasteiger partial charge on any atom is 0.153 e. The van der Waals surface area contributed by atoms with E-state index in [0.29, 0.717) is 27.3 Å². The Morgan fingerprint density at radius 1 is 1.09 bits per heavy atom. The van der Waals surface area contributed by atoms with Gasteiger partial charge in [-0.1, -0.05) is 34.8 Å². The number of hydrogen-bond donors (Lipinski definition) is 2. The molecule has 2 aromatic carbocycles. The molecule has 6 nitrogen and oxygen atoms in total. The summed E-state index contributed by atoms with van der Waals surface area (Å²) < 4.78 is 46.9. The number of halogens is 3. The van der Waals surface area contributed by atoms with Crippen molar-refractivity contribution in [1.82, 2.24) is 14.5 Å². The fourth-order valence-corrected chi connectivity index (χ4v) is 5.57. The molecule has 0 radical (unpaired) electrons. The van der Waals surface area contributed by atoms with E-state index in [1.807, 2.05) is 6.20 Å². The maximum absolute atomic E-state index is 15.0. The van der Waals surface area contributed by atoms with Gasteiger partial charge >= 0.3 is 0 Å². The zero-order valence-electron chi connectivity index (χ0n) is 17.4. The first kappa shape index (κ1) is 22.0. The Morgan fingerprint density at radius 3 is 2.61 bits per heavy atom. The van der Waals surface area contributed by atoms with Gasteiger partial charge in [0.25, 0.3) is 0 Å². The smallest absolute Gasteiger partial charge is 0.153 e. The monoisotopic (exact) mass is 531 g/mol. The lowest BCUT2D eigenvalue weighted by molar-refractivity contribution is 0.532. The minimum absolute atomic E-state index is 0.00292. The molecule has 1 fully saturated rings. The average molecular weight is 532 g/mol. The van der Waals surface area contributed by atoms with Crippen LogP contribution in [0.15, 0.2) is 58.3 Å². The van der Waals surface area contributed by atoms with Gasteiger partial charge in [0.05, 0.1) is 16.0 Å². The van der Waals surface area contributed by atoms with E-state index in [1.165, 1.54) is 30.6 Å². The van der Waals surface area contributed by atoms with Gasteiger partial charge in [0.15, 0.2) is 11.0 Å². The molecule has 4 aromatic rings. The van der Waals surface area contributed by atoms with E-state index in [0.717, 1.165) is 36.9 Å². The lowest BCUT2D eigenvalue weighted by Crippen LogP contribution is -2.08. The normalized spacial score (nSPS) is 15.2. The third kappa shape index (κ3) is 4.13. The molecule has 0 bridgehead atoms. The first-order valence-electron chi connectivity index (χ1n) is 10.5. The predicted octanol–water partition coefficient (Wildman–Crippen LogP) is 5.97. The van der Waals surface area contributed by atoms with Gasteiger partial charge in [0.2, 0.25) is 0 Å². The molecule has 1 atom stereocenters. The molecule has 2 aromatic heterocycles. The number of nitrogens with zero attached hydrogens (tertiary/aromatic N) is 3. The van der Waals surface area contributed by atoms with Gasteiger partial charge < -0.3 is 10.3 Å². The predicted molar refractivity (Wildman–Crippen MR) is 129 cm³/mol. The third-order valence-corrected chi connectivity index (χ3v) is 7.56. The average Bonchev–Trinajstić information content (AvgIpc) is 3.43. The largest absolute Gasteiger partial charge is 0.383 e. The van der Waals surface area contributed by atoms with E-state index in [4.69, 9.17) is 5.73 Å². The van der Waals surface area contributed by atoms with Crippen molar-refractivity contribution in [3.05, 3.63) is 65.0 Å². The van der Waals surface area contributed by atoms with Crippen molar-refractivity contribution in [2.45, 2.75) is 36.6 Å². The van der Waals surface area contributed by atoms with Crippen LogP contribution < -0.4 is 10.5 Å². The second-order valence-corrected chi connectivity index (χ2v) is 10.1. The Balaban J connectivity index is 1.50. The van der Waals surface area contributed by atoms with Crippen molar-refractivity contribution in [2.24, 2.45) is 0 Å². The minimum atomic E-state index is -1.97. The molecule has 0 amide bonds. The Hall–Kier alpha value is -2.85. The molecule has 3 N–H and O–H groups in total. The summed E-state index contributed by atoms with van der Waals surface area (Å²) in [6, 6.07) is 9.03. The van der Waals surface area contributed by atoms with Gasteiger partial charge in [-0.25, -0.2) is 23.0 Å². The lowest BCUT2D eigenvalue weighted by atomic mass is 10.1. The zero-order valence-corrected chi connectivity index (χ0v) is 19.8. The molecule has 0 spiro atoms. The zero-order chi connectivity index (χ0) is 23.1. The van der Waals surface area contributed by atoms with Crippen molar-refractivity contribution >= 4 is 49.5 Å². The quantitative estimate of drug-likeness (QED) is 0.332. The van der Waals surface area contributed by atoms with Gasteiger partial charge in [-0.05, 0) is 48.7 Å². The van der Waals surface area contributed by atoms with Gasteiger partial charge in [-0.2, -0.15) is 0 Å². The van der Waals surface area contributed by atoms with Crippen LogP contribution in [0.25, 0.3) is 22.2 Å². The number of aromatic nitrogens is 3. The van der Waals surface area contributed by atoms with Crippen LogP contribution in [0.3, 0.4) is 0 Å². The maximum atomic E-state index is 15.0. The van der Waals surface area contributed by atoms with E-state index in [9.17, 15) is 8.60 Å². The van der Waals surface area contributed by atoms with Crippen LogP contribution in [-0.4, -0.2) is 18.7 Å². The molecular formula is C23H20BrF2N5OS. The number of benzene rings is 2. The summed E-state index contributed by atoms with van der Waals surface area (Å²) in [6.45, 7) is 0. The molecule has 5 rings (SSSR count). The van der Waals surface area contributed by atoms with Crippen LogP contribution >= 0.6 is 15.9 Å². The van der Waals surface area contributed by atoms with Gasteiger partial charge in [-0.3, -0.25) is 4.72 Å². The van der Waals surface area contributed by atoms with Crippen LogP contribution in [0.2, 0.25) is 0 Å². The van der Waals surface area contributed by atoms with Crippen molar-refractivity contribution in [2.75, 3.05) is 10.5 Å². The second-order valence-electron chi connectivity index (χ2n) is 7.99. The second kappa shape index (κ2) is 8.83. The van der Waals surface area contributed by atoms with Crippen molar-refractivity contribution < 1.29 is 13.0 Å². The van der Waals surface area contributed by atoms with Crippen molar-refractivity contribution in [1.29, 1.82) is 0 Å². The molecule has 0 aliphatic heterocycles. The number of rotatable bonds is 5. The highest BCUT2D eigenvalue weighted by molar-refractivity contribution is 9.10. The molecule has 1 unspecified atom stereocenters. The summed E-state index contributed by atoms with van der Waals surface area (Å²) in [7, 11) is -1.97. The molecular weight excluding hydrogens is 512 g/mol.